The molecule has 0 saturated heterocycles. The molecule has 10 nitrogen and oxygen atoms in total. The minimum atomic E-state index is -3.73. The van der Waals surface area contributed by atoms with Crippen molar-refractivity contribution in [1.29, 1.82) is 0 Å². The normalized spacial score (nSPS) is 11.3. The number of hydrogen-bond acceptors (Lipinski definition) is 7. The van der Waals surface area contributed by atoms with Crippen molar-refractivity contribution < 1.29 is 8.42 Å². The predicted molar refractivity (Wildman–Crippen MR) is 128 cm³/mol. The van der Waals surface area contributed by atoms with Gasteiger partial charge in [0.1, 0.15) is 23.8 Å². The van der Waals surface area contributed by atoms with E-state index in [2.05, 4.69) is 30.1 Å². The first kappa shape index (κ1) is 21.3. The topological polar surface area (TPSA) is 120 Å². The lowest BCUT2D eigenvalue weighted by Crippen LogP contribution is -2.13. The van der Waals surface area contributed by atoms with Crippen molar-refractivity contribution in [2.45, 2.75) is 11.8 Å². The average Bonchev–Trinajstić information content (AvgIpc) is 3.53. The molecule has 5 aromatic rings. The molecule has 0 aliphatic rings. The number of anilines is 3. The van der Waals surface area contributed by atoms with Crippen LogP contribution in [-0.2, 0) is 10.0 Å². The molecular weight excluding hydrogens is 452 g/mol. The van der Waals surface area contributed by atoms with Crippen molar-refractivity contribution in [2.24, 2.45) is 0 Å². The van der Waals surface area contributed by atoms with E-state index in [-0.39, 0.29) is 4.90 Å². The Morgan fingerprint density at radius 1 is 0.853 bits per heavy atom. The van der Waals surface area contributed by atoms with Gasteiger partial charge < -0.3 is 5.32 Å². The highest BCUT2D eigenvalue weighted by Gasteiger charge is 2.14. The number of rotatable bonds is 7. The summed E-state index contributed by atoms with van der Waals surface area (Å²) < 4.78 is 31.7. The fourth-order valence-corrected chi connectivity index (χ4v) is 4.41. The fraction of sp³-hybridized carbons (Fsp3) is 0.0435. The second-order valence-corrected chi connectivity index (χ2v) is 9.04. The lowest BCUT2D eigenvalue weighted by Gasteiger charge is -2.11. The quantitative estimate of drug-likeness (QED) is 0.371. The van der Waals surface area contributed by atoms with Gasteiger partial charge >= 0.3 is 0 Å². The number of imidazole rings is 1. The van der Waals surface area contributed by atoms with E-state index >= 15 is 0 Å². The van der Waals surface area contributed by atoms with Gasteiger partial charge in [0.05, 0.1) is 10.6 Å². The average molecular weight is 473 g/mol. The first-order chi connectivity index (χ1) is 16.5. The molecule has 0 amide bonds. The minimum Gasteiger partial charge on any atom is -0.340 e. The summed E-state index contributed by atoms with van der Waals surface area (Å²) in [6, 6.07) is 17.0. The molecule has 3 heterocycles. The Balaban J connectivity index is 1.28. The van der Waals surface area contributed by atoms with Crippen LogP contribution >= 0.6 is 0 Å². The van der Waals surface area contributed by atoms with Crippen molar-refractivity contribution in [3.63, 3.8) is 0 Å². The third-order valence-corrected chi connectivity index (χ3v) is 6.45. The Morgan fingerprint density at radius 3 is 2.29 bits per heavy atom. The van der Waals surface area contributed by atoms with Crippen molar-refractivity contribution in [1.82, 2.24) is 29.3 Å². The lowest BCUT2D eigenvalue weighted by molar-refractivity contribution is 0.601. The molecule has 3 aromatic heterocycles. The second-order valence-electron chi connectivity index (χ2n) is 7.36. The summed E-state index contributed by atoms with van der Waals surface area (Å²) >= 11 is 0. The molecule has 0 atom stereocenters. The summed E-state index contributed by atoms with van der Waals surface area (Å²) in [6.07, 6.45) is 8.45. The van der Waals surface area contributed by atoms with Gasteiger partial charge in [0, 0.05) is 42.2 Å². The summed E-state index contributed by atoms with van der Waals surface area (Å²) in [7, 11) is -3.73. The number of aryl methyl sites for hydroxylation is 1. The molecule has 0 unspecified atom stereocenters. The summed E-state index contributed by atoms with van der Waals surface area (Å²) in [6.45, 7) is 1.89. The maximum atomic E-state index is 12.8. The molecule has 0 aliphatic heterocycles. The number of benzene rings is 2. The van der Waals surface area contributed by atoms with Crippen LogP contribution in [0.2, 0.25) is 0 Å². The monoisotopic (exact) mass is 472 g/mol. The van der Waals surface area contributed by atoms with Gasteiger partial charge in [-0.05, 0) is 61.5 Å². The number of hydrogen-bond donors (Lipinski definition) is 2. The van der Waals surface area contributed by atoms with Crippen molar-refractivity contribution in [3.8, 4) is 11.5 Å². The van der Waals surface area contributed by atoms with Crippen LogP contribution in [0.5, 0.6) is 0 Å². The zero-order chi connectivity index (χ0) is 23.5. The van der Waals surface area contributed by atoms with Crippen molar-refractivity contribution >= 4 is 27.2 Å². The number of nitrogens with one attached hydrogen (secondary N) is 2. The number of nitrogens with zero attached hydrogens (tertiary/aromatic N) is 6. The van der Waals surface area contributed by atoms with E-state index < -0.39 is 10.0 Å². The van der Waals surface area contributed by atoms with Crippen LogP contribution in [-0.4, -0.2) is 37.7 Å². The highest BCUT2D eigenvalue weighted by atomic mass is 32.2. The molecule has 34 heavy (non-hydrogen) atoms. The van der Waals surface area contributed by atoms with Gasteiger partial charge in [-0.15, -0.1) is 0 Å². The zero-order valence-corrected chi connectivity index (χ0v) is 18.9. The van der Waals surface area contributed by atoms with Gasteiger partial charge in [-0.1, -0.05) is 0 Å². The molecule has 170 valence electrons. The molecule has 11 heteroatoms. The fourth-order valence-electron chi connectivity index (χ4n) is 3.35. The van der Waals surface area contributed by atoms with Crippen LogP contribution in [0.25, 0.3) is 11.5 Å². The molecule has 0 spiro atoms. The van der Waals surface area contributed by atoms with Crippen molar-refractivity contribution in [3.05, 3.63) is 97.6 Å². The first-order valence-electron chi connectivity index (χ1n) is 10.3. The van der Waals surface area contributed by atoms with Crippen molar-refractivity contribution in [2.75, 3.05) is 10.0 Å². The zero-order valence-electron chi connectivity index (χ0n) is 18.1. The van der Waals surface area contributed by atoms with Crippen LogP contribution < -0.4 is 10.0 Å². The molecule has 2 N–H and O–H groups in total. The maximum Gasteiger partial charge on any atom is 0.261 e. The molecule has 0 radical (unpaired) electrons. The van der Waals surface area contributed by atoms with Crippen LogP contribution in [0.3, 0.4) is 0 Å². The Bertz CT molecular complexity index is 1510. The largest absolute Gasteiger partial charge is 0.340 e. The Labute approximate surface area is 196 Å². The van der Waals surface area contributed by atoms with Gasteiger partial charge in [0.2, 0.25) is 0 Å². The Kier molecular flexibility index (Phi) is 5.52. The summed E-state index contributed by atoms with van der Waals surface area (Å²) in [4.78, 5) is 12.9. The molecule has 0 fully saturated rings. The van der Waals surface area contributed by atoms with Gasteiger partial charge in [0.15, 0.2) is 0 Å². The molecule has 5 rings (SSSR count). The predicted octanol–water partition coefficient (Wildman–Crippen LogP) is 3.70. The lowest BCUT2D eigenvalue weighted by atomic mass is 10.3. The third-order valence-electron chi connectivity index (χ3n) is 5.05. The smallest absolute Gasteiger partial charge is 0.261 e. The van der Waals surface area contributed by atoms with E-state index in [0.29, 0.717) is 17.3 Å². The highest BCUT2D eigenvalue weighted by molar-refractivity contribution is 7.92. The van der Waals surface area contributed by atoms with Crippen LogP contribution in [0.4, 0.5) is 17.2 Å². The van der Waals surface area contributed by atoms with Crippen LogP contribution in [0.15, 0.2) is 96.7 Å². The maximum absolute atomic E-state index is 12.8. The van der Waals surface area contributed by atoms with E-state index in [1.165, 1.54) is 6.33 Å². The molecule has 0 bridgehead atoms. The molecule has 2 aromatic carbocycles. The molecular formula is C23H20N8O2S. The first-order valence-corrected chi connectivity index (χ1v) is 11.8. The molecule has 0 aliphatic carbocycles. The van der Waals surface area contributed by atoms with Crippen LogP contribution in [0.1, 0.15) is 5.82 Å². The minimum absolute atomic E-state index is 0.161. The molecule has 0 saturated carbocycles. The Hall–Kier alpha value is -4.51. The SMILES string of the molecule is Cc1nccn1-c1cc(Nc2ccc(NS(=O)(=O)c3ccc(-n4cccn4)cc3)cc2)ncn1. The van der Waals surface area contributed by atoms with Gasteiger partial charge in [-0.25, -0.2) is 28.1 Å². The standard InChI is InChI=1S/C23H20N8O2S/c1-17-24-12-14-30(17)23-15-22(25-16-26-23)28-18-3-5-19(6-4-18)29-34(32,33)21-9-7-20(8-10-21)31-13-2-11-27-31/h2-16,29H,1H3,(H,25,26,28). The van der Waals surface area contributed by atoms with Gasteiger partial charge in [-0.2, -0.15) is 5.10 Å². The van der Waals surface area contributed by atoms with E-state index in [9.17, 15) is 8.42 Å². The van der Waals surface area contributed by atoms with E-state index in [4.69, 9.17) is 0 Å². The summed E-state index contributed by atoms with van der Waals surface area (Å²) in [5.41, 5.74) is 1.97. The number of aromatic nitrogens is 6. The van der Waals surface area contributed by atoms with Gasteiger partial charge in [0.25, 0.3) is 10.0 Å². The number of sulfonamides is 1. The van der Waals surface area contributed by atoms with Crippen LogP contribution in [0, 0.1) is 6.92 Å². The second kappa shape index (κ2) is 8.79. The Morgan fingerprint density at radius 2 is 1.62 bits per heavy atom. The summed E-state index contributed by atoms with van der Waals surface area (Å²) in [5, 5.41) is 7.34. The summed E-state index contributed by atoms with van der Waals surface area (Å²) in [5.74, 6) is 2.11. The third kappa shape index (κ3) is 4.50. The van der Waals surface area contributed by atoms with Gasteiger partial charge in [-0.3, -0.25) is 9.29 Å². The van der Waals surface area contributed by atoms with E-state index in [1.807, 2.05) is 17.7 Å². The van der Waals surface area contributed by atoms with E-state index in [1.54, 1.807) is 83.9 Å². The highest BCUT2D eigenvalue weighted by Crippen LogP contribution is 2.22. The van der Waals surface area contributed by atoms with E-state index in [0.717, 1.165) is 17.2 Å².